The van der Waals surface area contributed by atoms with Crippen LogP contribution in [-0.4, -0.2) is 12.8 Å². The van der Waals surface area contributed by atoms with Crippen LogP contribution in [0.1, 0.15) is 11.6 Å². The van der Waals surface area contributed by atoms with Crippen molar-refractivity contribution in [3.63, 3.8) is 0 Å². The second-order valence-corrected chi connectivity index (χ2v) is 3.16. The molecule has 88 valence electrons. The summed E-state index contributed by atoms with van der Waals surface area (Å²) in [6, 6.07) is 3.79. The van der Waals surface area contributed by atoms with Crippen LogP contribution >= 0.6 is 0 Å². The summed E-state index contributed by atoms with van der Waals surface area (Å²) in [4.78, 5) is 0. The lowest BCUT2D eigenvalue weighted by Gasteiger charge is -2.18. The van der Waals surface area contributed by atoms with E-state index < -0.39 is 12.2 Å². The number of hydrogen-bond donors (Lipinski definition) is 1. The van der Waals surface area contributed by atoms with Crippen LogP contribution in [0.15, 0.2) is 36.9 Å². The summed E-state index contributed by atoms with van der Waals surface area (Å²) in [6.45, 7) is 3.56. The fourth-order valence-electron chi connectivity index (χ4n) is 1.19. The lowest BCUT2D eigenvalue weighted by atomic mass is 10.1. The molecule has 0 aliphatic rings. The van der Waals surface area contributed by atoms with E-state index in [0.717, 1.165) is 0 Å². The average molecular weight is 231 g/mol. The molecule has 0 radical (unpaired) electrons. The summed E-state index contributed by atoms with van der Waals surface area (Å²) in [6.07, 6.45) is -3.02. The van der Waals surface area contributed by atoms with Gasteiger partial charge in [0.15, 0.2) is 0 Å². The topological polar surface area (TPSA) is 35.2 Å². The molecule has 5 heteroatoms. The van der Waals surface area contributed by atoms with E-state index in [4.69, 9.17) is 10.5 Å². The van der Waals surface area contributed by atoms with Gasteiger partial charge in [0.25, 0.3) is 0 Å². The molecule has 0 saturated carbocycles. The lowest BCUT2D eigenvalue weighted by molar-refractivity contribution is -0.149. The van der Waals surface area contributed by atoms with Gasteiger partial charge in [0.2, 0.25) is 0 Å². The fraction of sp³-hybridized carbons (Fsp3) is 0.273. The summed E-state index contributed by atoms with van der Waals surface area (Å²) in [5, 5.41) is 0. The van der Waals surface area contributed by atoms with Gasteiger partial charge < -0.3 is 10.5 Å². The van der Waals surface area contributed by atoms with Crippen LogP contribution in [0.5, 0.6) is 5.75 Å². The monoisotopic (exact) mass is 231 g/mol. The third-order valence-electron chi connectivity index (χ3n) is 1.96. The summed E-state index contributed by atoms with van der Waals surface area (Å²) in [5.41, 5.74) is 5.04. The number of alkyl halides is 3. The number of nitrogens with two attached hydrogens (primary N) is 1. The molecule has 0 aromatic heterocycles. The van der Waals surface area contributed by atoms with E-state index in [1.54, 1.807) is 6.07 Å². The molecule has 16 heavy (non-hydrogen) atoms. The first-order valence-electron chi connectivity index (χ1n) is 4.61. The SMILES string of the molecule is C=CCOc1ccccc1[C@H](N)C(F)(F)F. The van der Waals surface area contributed by atoms with Gasteiger partial charge in [-0.05, 0) is 6.07 Å². The van der Waals surface area contributed by atoms with Gasteiger partial charge in [-0.3, -0.25) is 0 Å². The fourth-order valence-corrected chi connectivity index (χ4v) is 1.19. The molecule has 0 aliphatic carbocycles. The molecule has 0 fully saturated rings. The predicted octanol–water partition coefficient (Wildman–Crippen LogP) is 2.81. The van der Waals surface area contributed by atoms with E-state index in [1.165, 1.54) is 24.3 Å². The van der Waals surface area contributed by atoms with Crippen molar-refractivity contribution in [2.75, 3.05) is 6.61 Å². The maximum absolute atomic E-state index is 12.4. The van der Waals surface area contributed by atoms with Gasteiger partial charge in [-0.2, -0.15) is 13.2 Å². The predicted molar refractivity (Wildman–Crippen MR) is 55.1 cm³/mol. The molecular weight excluding hydrogens is 219 g/mol. The molecule has 1 aromatic carbocycles. The Kier molecular flexibility index (Phi) is 3.95. The first-order chi connectivity index (χ1) is 7.46. The molecule has 0 heterocycles. The molecule has 2 nitrogen and oxygen atoms in total. The third kappa shape index (κ3) is 3.00. The summed E-state index contributed by atoms with van der Waals surface area (Å²) < 4.78 is 42.4. The van der Waals surface area contributed by atoms with Gasteiger partial charge in [-0.15, -0.1) is 0 Å². The number of hydrogen-bond acceptors (Lipinski definition) is 2. The number of ether oxygens (including phenoxy) is 1. The zero-order valence-corrected chi connectivity index (χ0v) is 8.50. The van der Waals surface area contributed by atoms with Crippen molar-refractivity contribution in [1.82, 2.24) is 0 Å². The van der Waals surface area contributed by atoms with Crippen molar-refractivity contribution in [3.05, 3.63) is 42.5 Å². The Hall–Kier alpha value is -1.49. The minimum Gasteiger partial charge on any atom is -0.489 e. The Morgan fingerprint density at radius 1 is 1.38 bits per heavy atom. The minimum atomic E-state index is -4.48. The molecule has 1 aromatic rings. The van der Waals surface area contributed by atoms with Crippen LogP contribution in [0.4, 0.5) is 13.2 Å². The van der Waals surface area contributed by atoms with Crippen molar-refractivity contribution in [3.8, 4) is 5.75 Å². The minimum absolute atomic E-state index is 0.0724. The zero-order chi connectivity index (χ0) is 12.2. The Bertz CT molecular complexity index is 362. The molecule has 2 N–H and O–H groups in total. The van der Waals surface area contributed by atoms with Crippen molar-refractivity contribution < 1.29 is 17.9 Å². The molecule has 1 rings (SSSR count). The molecule has 1 atom stereocenters. The first kappa shape index (κ1) is 12.6. The quantitative estimate of drug-likeness (QED) is 0.809. The van der Waals surface area contributed by atoms with E-state index >= 15 is 0 Å². The Labute approximate surface area is 91.5 Å². The van der Waals surface area contributed by atoms with Crippen molar-refractivity contribution in [2.24, 2.45) is 5.73 Å². The highest BCUT2D eigenvalue weighted by Crippen LogP contribution is 2.35. The average Bonchev–Trinajstić information content (AvgIpc) is 2.24. The summed E-state index contributed by atoms with van der Waals surface area (Å²) in [5.74, 6) is 0.132. The van der Waals surface area contributed by atoms with Crippen LogP contribution < -0.4 is 10.5 Å². The lowest BCUT2D eigenvalue weighted by Crippen LogP contribution is -2.28. The Morgan fingerprint density at radius 2 is 2.00 bits per heavy atom. The highest BCUT2D eigenvalue weighted by molar-refractivity contribution is 5.36. The summed E-state index contributed by atoms with van der Waals surface area (Å²) in [7, 11) is 0. The van der Waals surface area contributed by atoms with E-state index in [9.17, 15) is 13.2 Å². The number of para-hydroxylation sites is 1. The second-order valence-electron chi connectivity index (χ2n) is 3.16. The van der Waals surface area contributed by atoms with Gasteiger partial charge in [-0.1, -0.05) is 30.9 Å². The van der Waals surface area contributed by atoms with Gasteiger partial charge >= 0.3 is 6.18 Å². The molecular formula is C11H12F3NO. The van der Waals surface area contributed by atoms with Crippen molar-refractivity contribution in [1.29, 1.82) is 0 Å². The smallest absolute Gasteiger partial charge is 0.407 e. The highest BCUT2D eigenvalue weighted by atomic mass is 19.4. The molecule has 0 unspecified atom stereocenters. The van der Waals surface area contributed by atoms with Crippen molar-refractivity contribution in [2.45, 2.75) is 12.2 Å². The largest absolute Gasteiger partial charge is 0.489 e. The maximum Gasteiger partial charge on any atom is 0.407 e. The van der Waals surface area contributed by atoms with Crippen LogP contribution in [0.3, 0.4) is 0 Å². The third-order valence-corrected chi connectivity index (χ3v) is 1.96. The molecule has 0 amide bonds. The maximum atomic E-state index is 12.4. The molecule has 0 spiro atoms. The van der Waals surface area contributed by atoms with Crippen LogP contribution in [0.25, 0.3) is 0 Å². The highest BCUT2D eigenvalue weighted by Gasteiger charge is 2.39. The Morgan fingerprint density at radius 3 is 2.56 bits per heavy atom. The standard InChI is InChI=1S/C11H12F3NO/c1-2-7-16-9-6-4-3-5-8(9)10(15)11(12,13)14/h2-6,10H,1,7,15H2/t10-/m0/s1. The van der Waals surface area contributed by atoms with E-state index in [-0.39, 0.29) is 17.9 Å². The molecule has 0 bridgehead atoms. The normalized spacial score (nSPS) is 13.2. The molecule has 0 aliphatic heterocycles. The molecule has 0 saturated heterocycles. The van der Waals surface area contributed by atoms with Gasteiger partial charge in [0, 0.05) is 5.56 Å². The van der Waals surface area contributed by atoms with E-state index in [2.05, 4.69) is 6.58 Å². The van der Waals surface area contributed by atoms with Crippen LogP contribution in [0.2, 0.25) is 0 Å². The van der Waals surface area contributed by atoms with E-state index in [1.807, 2.05) is 0 Å². The van der Waals surface area contributed by atoms with Gasteiger partial charge in [0.1, 0.15) is 18.4 Å². The zero-order valence-electron chi connectivity index (χ0n) is 8.50. The number of halogens is 3. The first-order valence-corrected chi connectivity index (χ1v) is 4.61. The Balaban J connectivity index is 2.98. The second kappa shape index (κ2) is 5.03. The number of rotatable bonds is 4. The summed E-state index contributed by atoms with van der Waals surface area (Å²) >= 11 is 0. The van der Waals surface area contributed by atoms with Crippen LogP contribution in [0, 0.1) is 0 Å². The van der Waals surface area contributed by atoms with Gasteiger partial charge in [0.05, 0.1) is 0 Å². The van der Waals surface area contributed by atoms with E-state index in [0.29, 0.717) is 0 Å². The van der Waals surface area contributed by atoms with Crippen molar-refractivity contribution >= 4 is 0 Å². The number of benzene rings is 1. The van der Waals surface area contributed by atoms with Gasteiger partial charge in [-0.25, -0.2) is 0 Å². The van der Waals surface area contributed by atoms with Crippen LogP contribution in [-0.2, 0) is 0 Å².